The summed E-state index contributed by atoms with van der Waals surface area (Å²) in [7, 11) is 0. The highest BCUT2D eigenvalue weighted by atomic mass is 19.1. The van der Waals surface area contributed by atoms with Crippen LogP contribution in [-0.4, -0.2) is 20.7 Å². The van der Waals surface area contributed by atoms with Gasteiger partial charge in [0.25, 0.3) is 5.91 Å². The Labute approximate surface area is 133 Å². The highest BCUT2D eigenvalue weighted by Crippen LogP contribution is 2.16. The molecular formula is C17H17FN4O. The van der Waals surface area contributed by atoms with E-state index in [1.807, 2.05) is 18.5 Å². The first-order valence-electron chi connectivity index (χ1n) is 7.40. The first-order valence-corrected chi connectivity index (χ1v) is 7.40. The predicted octanol–water partition coefficient (Wildman–Crippen LogP) is 3.08. The molecule has 1 aromatic carbocycles. The number of carbonyl (C=O) groups is 1. The van der Waals surface area contributed by atoms with Crippen LogP contribution in [0.1, 0.15) is 35.8 Å². The van der Waals surface area contributed by atoms with Crippen LogP contribution in [0.25, 0.3) is 11.0 Å². The Kier molecular flexibility index (Phi) is 4.06. The molecule has 3 aromatic rings. The summed E-state index contributed by atoms with van der Waals surface area (Å²) in [6, 6.07) is 8.00. The van der Waals surface area contributed by atoms with Gasteiger partial charge < -0.3 is 5.32 Å². The minimum atomic E-state index is -0.295. The maximum absolute atomic E-state index is 12.9. The minimum absolute atomic E-state index is 0.207. The number of hydrogen-bond acceptors (Lipinski definition) is 3. The average molecular weight is 312 g/mol. The predicted molar refractivity (Wildman–Crippen MR) is 85.5 cm³/mol. The fraction of sp³-hybridized carbons (Fsp3) is 0.235. The molecule has 0 aliphatic rings. The third-order valence-corrected chi connectivity index (χ3v) is 3.55. The molecule has 0 spiro atoms. The summed E-state index contributed by atoms with van der Waals surface area (Å²) in [4.78, 5) is 16.6. The highest BCUT2D eigenvalue weighted by molar-refractivity contribution is 5.96. The molecule has 0 saturated carbocycles. The van der Waals surface area contributed by atoms with Crippen molar-refractivity contribution in [2.24, 2.45) is 0 Å². The number of fused-ring (bicyclic) bond motifs is 1. The van der Waals surface area contributed by atoms with Gasteiger partial charge in [0.1, 0.15) is 5.82 Å². The Morgan fingerprint density at radius 3 is 2.70 bits per heavy atom. The van der Waals surface area contributed by atoms with E-state index >= 15 is 0 Å². The summed E-state index contributed by atoms with van der Waals surface area (Å²) in [5.74, 6) is -0.516. The number of halogens is 1. The third kappa shape index (κ3) is 3.21. The van der Waals surface area contributed by atoms with Crippen molar-refractivity contribution in [2.45, 2.75) is 26.4 Å². The molecule has 0 saturated heterocycles. The van der Waals surface area contributed by atoms with E-state index in [0.29, 0.717) is 12.1 Å². The molecule has 2 aromatic heterocycles. The maximum atomic E-state index is 12.9. The minimum Gasteiger partial charge on any atom is -0.348 e. The molecule has 0 aliphatic carbocycles. The van der Waals surface area contributed by atoms with E-state index in [0.717, 1.165) is 16.6 Å². The number of amides is 1. The van der Waals surface area contributed by atoms with Gasteiger partial charge in [0.2, 0.25) is 0 Å². The number of pyridine rings is 1. The molecule has 0 unspecified atom stereocenters. The quantitative estimate of drug-likeness (QED) is 0.805. The lowest BCUT2D eigenvalue weighted by Gasteiger charge is -2.07. The van der Waals surface area contributed by atoms with Gasteiger partial charge in [0.05, 0.1) is 11.8 Å². The summed E-state index contributed by atoms with van der Waals surface area (Å²) >= 11 is 0. The van der Waals surface area contributed by atoms with Crippen molar-refractivity contribution in [1.29, 1.82) is 0 Å². The molecule has 0 bridgehead atoms. The highest BCUT2D eigenvalue weighted by Gasteiger charge is 2.11. The van der Waals surface area contributed by atoms with Gasteiger partial charge in [-0.1, -0.05) is 12.1 Å². The zero-order chi connectivity index (χ0) is 16.4. The molecule has 3 rings (SSSR count). The molecule has 2 heterocycles. The molecule has 1 amide bonds. The van der Waals surface area contributed by atoms with Crippen molar-refractivity contribution in [3.05, 3.63) is 59.7 Å². The van der Waals surface area contributed by atoms with Crippen molar-refractivity contribution >= 4 is 16.9 Å². The molecule has 6 heteroatoms. The fourth-order valence-corrected chi connectivity index (χ4v) is 2.33. The summed E-state index contributed by atoms with van der Waals surface area (Å²) < 4.78 is 14.7. The molecule has 0 fully saturated rings. The van der Waals surface area contributed by atoms with Crippen molar-refractivity contribution in [3.8, 4) is 0 Å². The van der Waals surface area contributed by atoms with Crippen LogP contribution in [0.15, 0.2) is 42.7 Å². The Hall–Kier alpha value is -2.76. The Morgan fingerprint density at radius 2 is 2.00 bits per heavy atom. The number of benzene rings is 1. The molecule has 5 nitrogen and oxygen atoms in total. The zero-order valence-electron chi connectivity index (χ0n) is 13.0. The Balaban J connectivity index is 1.74. The second kappa shape index (κ2) is 6.16. The van der Waals surface area contributed by atoms with E-state index in [2.05, 4.69) is 15.4 Å². The SMILES string of the molecule is CC(C)n1ncc2cc(C(=O)NCc3ccc(F)cc3)cnc21. The van der Waals surface area contributed by atoms with Gasteiger partial charge in [0.15, 0.2) is 5.65 Å². The number of nitrogens with zero attached hydrogens (tertiary/aromatic N) is 3. The fourth-order valence-electron chi connectivity index (χ4n) is 2.33. The maximum Gasteiger partial charge on any atom is 0.253 e. The van der Waals surface area contributed by atoms with Crippen LogP contribution in [0.4, 0.5) is 4.39 Å². The molecule has 23 heavy (non-hydrogen) atoms. The molecule has 0 aliphatic heterocycles. The van der Waals surface area contributed by atoms with E-state index in [9.17, 15) is 9.18 Å². The smallest absolute Gasteiger partial charge is 0.253 e. The van der Waals surface area contributed by atoms with Crippen LogP contribution < -0.4 is 5.32 Å². The monoisotopic (exact) mass is 312 g/mol. The first-order chi connectivity index (χ1) is 11.0. The number of hydrogen-bond donors (Lipinski definition) is 1. The van der Waals surface area contributed by atoms with Crippen molar-refractivity contribution < 1.29 is 9.18 Å². The summed E-state index contributed by atoms with van der Waals surface area (Å²) in [5, 5.41) is 7.91. The van der Waals surface area contributed by atoms with Gasteiger partial charge >= 0.3 is 0 Å². The largest absolute Gasteiger partial charge is 0.348 e. The van der Waals surface area contributed by atoms with Gasteiger partial charge in [-0.3, -0.25) is 4.79 Å². The summed E-state index contributed by atoms with van der Waals surface area (Å²) in [5.41, 5.74) is 2.07. The molecule has 0 atom stereocenters. The Morgan fingerprint density at radius 1 is 1.26 bits per heavy atom. The molecule has 0 radical (unpaired) electrons. The van der Waals surface area contributed by atoms with Crippen molar-refractivity contribution in [1.82, 2.24) is 20.1 Å². The van der Waals surface area contributed by atoms with Gasteiger partial charge in [0, 0.05) is 24.2 Å². The topological polar surface area (TPSA) is 59.8 Å². The van der Waals surface area contributed by atoms with Crippen LogP contribution in [0.5, 0.6) is 0 Å². The van der Waals surface area contributed by atoms with Crippen molar-refractivity contribution in [3.63, 3.8) is 0 Å². The van der Waals surface area contributed by atoms with E-state index in [1.165, 1.54) is 12.1 Å². The zero-order valence-corrected chi connectivity index (χ0v) is 13.0. The standard InChI is InChI=1S/C17H17FN4O/c1-11(2)22-16-13(10-21-22)7-14(9-19-16)17(23)20-8-12-3-5-15(18)6-4-12/h3-7,9-11H,8H2,1-2H3,(H,20,23). The van der Waals surface area contributed by atoms with E-state index in [-0.39, 0.29) is 17.8 Å². The number of nitrogens with one attached hydrogen (secondary N) is 1. The van der Waals surface area contributed by atoms with Crippen LogP contribution in [0, 0.1) is 5.82 Å². The van der Waals surface area contributed by atoms with Gasteiger partial charge in [-0.15, -0.1) is 0 Å². The average Bonchev–Trinajstić information content (AvgIpc) is 2.97. The first kappa shape index (κ1) is 15.1. The molecule has 118 valence electrons. The van der Waals surface area contributed by atoms with E-state index in [4.69, 9.17) is 0 Å². The molecular weight excluding hydrogens is 295 g/mol. The number of carbonyl (C=O) groups excluding carboxylic acids is 1. The normalized spacial score (nSPS) is 11.1. The van der Waals surface area contributed by atoms with E-state index in [1.54, 1.807) is 30.6 Å². The number of rotatable bonds is 4. The summed E-state index contributed by atoms with van der Waals surface area (Å²) in [6.45, 7) is 4.39. The Bertz CT molecular complexity index is 839. The van der Waals surface area contributed by atoms with Gasteiger partial charge in [-0.25, -0.2) is 14.1 Å². The second-order valence-electron chi connectivity index (χ2n) is 5.63. The second-order valence-corrected chi connectivity index (χ2v) is 5.63. The van der Waals surface area contributed by atoms with Gasteiger partial charge in [-0.05, 0) is 37.6 Å². The van der Waals surface area contributed by atoms with E-state index < -0.39 is 0 Å². The van der Waals surface area contributed by atoms with Crippen LogP contribution in [0.2, 0.25) is 0 Å². The van der Waals surface area contributed by atoms with Crippen molar-refractivity contribution in [2.75, 3.05) is 0 Å². The van der Waals surface area contributed by atoms with Crippen LogP contribution >= 0.6 is 0 Å². The summed E-state index contributed by atoms with van der Waals surface area (Å²) in [6.07, 6.45) is 3.25. The third-order valence-electron chi connectivity index (χ3n) is 3.55. The van der Waals surface area contributed by atoms with Crippen LogP contribution in [-0.2, 0) is 6.54 Å². The number of aromatic nitrogens is 3. The lowest BCUT2D eigenvalue weighted by atomic mass is 10.2. The lowest BCUT2D eigenvalue weighted by molar-refractivity contribution is 0.0950. The van der Waals surface area contributed by atoms with Crippen LogP contribution in [0.3, 0.4) is 0 Å². The lowest BCUT2D eigenvalue weighted by Crippen LogP contribution is -2.22. The molecule has 1 N–H and O–H groups in total. The van der Waals surface area contributed by atoms with Gasteiger partial charge in [-0.2, -0.15) is 5.10 Å².